The predicted molar refractivity (Wildman–Crippen MR) is 104 cm³/mol. The molecule has 3 aliphatic rings. The van der Waals surface area contributed by atoms with Crippen LogP contribution >= 0.6 is 12.2 Å². The smallest absolute Gasteiger partial charge is 0.0258 e. The van der Waals surface area contributed by atoms with Gasteiger partial charge in [-0.2, -0.15) is 0 Å². The van der Waals surface area contributed by atoms with Crippen molar-refractivity contribution in [2.45, 2.75) is 102 Å². The lowest BCUT2D eigenvalue weighted by Gasteiger charge is -2.32. The van der Waals surface area contributed by atoms with E-state index in [9.17, 15) is 0 Å². The van der Waals surface area contributed by atoms with Crippen molar-refractivity contribution in [1.82, 2.24) is 5.32 Å². The van der Waals surface area contributed by atoms with Crippen molar-refractivity contribution < 1.29 is 0 Å². The van der Waals surface area contributed by atoms with Gasteiger partial charge in [0.1, 0.15) is 0 Å². The van der Waals surface area contributed by atoms with E-state index in [0.717, 1.165) is 5.92 Å². The highest BCUT2D eigenvalue weighted by Gasteiger charge is 2.23. The summed E-state index contributed by atoms with van der Waals surface area (Å²) in [5, 5.41) is 3.97. The van der Waals surface area contributed by atoms with E-state index in [1.807, 2.05) is 0 Å². The number of nitrogens with one attached hydrogen (secondary N) is 1. The predicted octanol–water partition coefficient (Wildman–Crippen LogP) is 6.32. The van der Waals surface area contributed by atoms with Crippen molar-refractivity contribution in [3.8, 4) is 0 Å². The summed E-state index contributed by atoms with van der Waals surface area (Å²) in [6.45, 7) is 0. The summed E-state index contributed by atoms with van der Waals surface area (Å²) >= 11 is 5.87. The van der Waals surface area contributed by atoms with E-state index in [1.165, 1.54) is 107 Å². The van der Waals surface area contributed by atoms with Crippen LogP contribution in [-0.4, -0.2) is 10.9 Å². The van der Waals surface area contributed by atoms with Gasteiger partial charge in [0.25, 0.3) is 0 Å². The van der Waals surface area contributed by atoms with Gasteiger partial charge in [-0.05, 0) is 56.4 Å². The van der Waals surface area contributed by atoms with Crippen molar-refractivity contribution in [3.05, 3.63) is 11.8 Å². The van der Waals surface area contributed by atoms with E-state index >= 15 is 0 Å². The molecule has 3 aliphatic carbocycles. The lowest BCUT2D eigenvalue weighted by Crippen LogP contribution is -2.34. The average Bonchev–Trinajstić information content (AvgIpc) is 2.63. The zero-order chi connectivity index (χ0) is 15.9. The van der Waals surface area contributed by atoms with E-state index < -0.39 is 0 Å². The summed E-state index contributed by atoms with van der Waals surface area (Å²) in [6.07, 6.45) is 23.2. The fraction of sp³-hybridized carbons (Fsp3) is 0.857. The molecule has 2 heteroatoms. The van der Waals surface area contributed by atoms with Crippen LogP contribution in [0.2, 0.25) is 0 Å². The van der Waals surface area contributed by atoms with E-state index in [1.54, 1.807) is 0 Å². The summed E-state index contributed by atoms with van der Waals surface area (Å²) in [7, 11) is 0. The minimum atomic E-state index is 0.686. The molecule has 3 rings (SSSR count). The second kappa shape index (κ2) is 9.20. The molecule has 130 valence electrons. The molecule has 0 saturated heterocycles. The molecule has 0 aromatic heterocycles. The van der Waals surface area contributed by atoms with Crippen molar-refractivity contribution in [2.24, 2.45) is 11.8 Å². The maximum absolute atomic E-state index is 5.87. The lowest BCUT2D eigenvalue weighted by molar-refractivity contribution is 0.343. The first-order valence-corrected chi connectivity index (χ1v) is 10.8. The maximum Gasteiger partial charge on any atom is 0.0258 e. The van der Waals surface area contributed by atoms with Crippen LogP contribution in [0.5, 0.6) is 0 Å². The molecule has 1 nitrogen and oxygen atoms in total. The van der Waals surface area contributed by atoms with Crippen LogP contribution in [0.25, 0.3) is 0 Å². The van der Waals surface area contributed by atoms with Gasteiger partial charge >= 0.3 is 0 Å². The highest BCUT2D eigenvalue weighted by atomic mass is 32.1. The topological polar surface area (TPSA) is 12.0 Å². The van der Waals surface area contributed by atoms with Crippen LogP contribution in [0, 0.1) is 11.8 Å². The fourth-order valence-electron chi connectivity index (χ4n) is 4.83. The summed E-state index contributed by atoms with van der Waals surface area (Å²) in [4.78, 5) is 1.26. The minimum Gasteiger partial charge on any atom is -0.385 e. The van der Waals surface area contributed by atoms with Crippen LogP contribution in [0.15, 0.2) is 11.8 Å². The minimum absolute atomic E-state index is 0.686. The molecule has 0 bridgehead atoms. The molecule has 1 N–H and O–H groups in total. The second-order valence-electron chi connectivity index (χ2n) is 8.15. The van der Waals surface area contributed by atoms with Crippen molar-refractivity contribution in [3.63, 3.8) is 0 Å². The van der Waals surface area contributed by atoms with Gasteiger partial charge in [0.15, 0.2) is 0 Å². The Balaban J connectivity index is 1.67. The molecule has 3 saturated carbocycles. The summed E-state index contributed by atoms with van der Waals surface area (Å²) < 4.78 is 0. The molecular weight excluding hydrogens is 298 g/mol. The molecule has 0 heterocycles. The summed E-state index contributed by atoms with van der Waals surface area (Å²) in [5.74, 6) is 1.44. The Morgan fingerprint density at radius 1 is 0.652 bits per heavy atom. The first kappa shape index (κ1) is 17.5. The standard InChI is InChI=1S/C21H35NS/c23-21(18-12-6-2-7-13-18)16-20(17-10-4-1-5-11-17)22-19-14-8-3-9-15-19/h16-19,22H,1-15H2. The van der Waals surface area contributed by atoms with E-state index in [-0.39, 0.29) is 0 Å². The first-order chi connectivity index (χ1) is 11.3. The molecule has 3 fully saturated rings. The molecule has 23 heavy (non-hydrogen) atoms. The molecule has 0 radical (unpaired) electrons. The van der Waals surface area contributed by atoms with E-state index in [2.05, 4.69) is 11.4 Å². The van der Waals surface area contributed by atoms with Gasteiger partial charge < -0.3 is 5.32 Å². The van der Waals surface area contributed by atoms with Gasteiger partial charge in [0.2, 0.25) is 0 Å². The molecule has 0 aromatic rings. The summed E-state index contributed by atoms with van der Waals surface area (Å²) in [5.41, 5.74) is 1.52. The first-order valence-electron chi connectivity index (χ1n) is 10.3. The van der Waals surface area contributed by atoms with Gasteiger partial charge in [-0.1, -0.05) is 70.0 Å². The van der Waals surface area contributed by atoms with Gasteiger partial charge in [0.05, 0.1) is 0 Å². The van der Waals surface area contributed by atoms with Crippen LogP contribution in [-0.2, 0) is 0 Å². The Kier molecular flexibility index (Phi) is 6.98. The Hall–Kier alpha value is -0.370. The molecule has 0 atom stereocenters. The third kappa shape index (κ3) is 5.31. The quantitative estimate of drug-likeness (QED) is 0.466. The average molecular weight is 334 g/mol. The fourth-order valence-corrected chi connectivity index (χ4v) is 5.19. The van der Waals surface area contributed by atoms with Crippen molar-refractivity contribution in [2.75, 3.05) is 0 Å². The Labute approximate surface area is 148 Å². The number of thiocarbonyl (C=S) groups is 1. The van der Waals surface area contributed by atoms with Gasteiger partial charge in [-0.15, -0.1) is 0 Å². The lowest BCUT2D eigenvalue weighted by atomic mass is 9.83. The van der Waals surface area contributed by atoms with Crippen LogP contribution < -0.4 is 5.32 Å². The van der Waals surface area contributed by atoms with Crippen molar-refractivity contribution >= 4 is 17.1 Å². The third-order valence-electron chi connectivity index (χ3n) is 6.33. The molecule has 0 unspecified atom stereocenters. The van der Waals surface area contributed by atoms with Crippen molar-refractivity contribution in [1.29, 1.82) is 0 Å². The largest absolute Gasteiger partial charge is 0.385 e. The highest BCUT2D eigenvalue weighted by molar-refractivity contribution is 7.80. The zero-order valence-corrected chi connectivity index (χ0v) is 15.6. The van der Waals surface area contributed by atoms with E-state index in [0.29, 0.717) is 12.0 Å². The highest BCUT2D eigenvalue weighted by Crippen LogP contribution is 2.32. The second-order valence-corrected chi connectivity index (χ2v) is 8.62. The number of rotatable bonds is 5. The van der Waals surface area contributed by atoms with Gasteiger partial charge in [-0.3, -0.25) is 0 Å². The van der Waals surface area contributed by atoms with Gasteiger partial charge in [0, 0.05) is 16.6 Å². The van der Waals surface area contributed by atoms with Crippen LogP contribution in [0.3, 0.4) is 0 Å². The number of hydrogen-bond donors (Lipinski definition) is 1. The number of hydrogen-bond acceptors (Lipinski definition) is 2. The normalized spacial score (nSPS) is 26.2. The SMILES string of the molecule is S=C(C=C(NC1CCCCC1)C1CCCCC1)C1CCCCC1. The molecule has 0 spiro atoms. The maximum atomic E-state index is 5.87. The molecular formula is C21H35NS. The molecule has 0 amide bonds. The Bertz CT molecular complexity index is 396. The Morgan fingerprint density at radius 3 is 1.70 bits per heavy atom. The van der Waals surface area contributed by atoms with Crippen LogP contribution in [0.1, 0.15) is 96.3 Å². The molecule has 0 aromatic carbocycles. The zero-order valence-electron chi connectivity index (χ0n) is 14.8. The Morgan fingerprint density at radius 2 is 1.13 bits per heavy atom. The number of allylic oxidation sites excluding steroid dienone is 2. The van der Waals surface area contributed by atoms with Crippen LogP contribution in [0.4, 0.5) is 0 Å². The summed E-state index contributed by atoms with van der Waals surface area (Å²) in [6, 6.07) is 0.714. The van der Waals surface area contributed by atoms with E-state index in [4.69, 9.17) is 12.2 Å². The third-order valence-corrected chi connectivity index (χ3v) is 6.78. The molecule has 0 aliphatic heterocycles. The van der Waals surface area contributed by atoms with Gasteiger partial charge in [-0.25, -0.2) is 0 Å². The monoisotopic (exact) mass is 333 g/mol.